The van der Waals surface area contributed by atoms with Crippen molar-refractivity contribution in [3.05, 3.63) is 52.9 Å². The van der Waals surface area contributed by atoms with Crippen LogP contribution in [0.3, 0.4) is 0 Å². The molecule has 3 aromatic rings. The van der Waals surface area contributed by atoms with Crippen molar-refractivity contribution in [2.75, 3.05) is 25.6 Å². The van der Waals surface area contributed by atoms with Gasteiger partial charge >= 0.3 is 0 Å². The Hall–Kier alpha value is -3.19. The van der Waals surface area contributed by atoms with Crippen LogP contribution in [0.25, 0.3) is 11.3 Å². The van der Waals surface area contributed by atoms with E-state index in [0.29, 0.717) is 46.6 Å². The molecule has 4 heterocycles. The van der Waals surface area contributed by atoms with Crippen molar-refractivity contribution in [2.24, 2.45) is 0 Å². The predicted octanol–water partition coefficient (Wildman–Crippen LogP) is 4.87. The molecule has 0 aliphatic carbocycles. The minimum atomic E-state index is -0.106. The Balaban J connectivity index is 1.74. The number of benzene rings is 1. The van der Waals surface area contributed by atoms with E-state index >= 15 is 0 Å². The molecular formula is C23H23ClN4O3. The van der Waals surface area contributed by atoms with E-state index in [-0.39, 0.29) is 11.8 Å². The van der Waals surface area contributed by atoms with E-state index in [4.69, 9.17) is 21.1 Å². The zero-order chi connectivity index (χ0) is 21.4. The van der Waals surface area contributed by atoms with Gasteiger partial charge in [-0.05, 0) is 37.5 Å². The van der Waals surface area contributed by atoms with Crippen LogP contribution in [0.2, 0.25) is 5.02 Å². The number of fused-ring (bicyclic) bond motifs is 3. The number of pyridine rings is 1. The fourth-order valence-electron chi connectivity index (χ4n) is 4.37. The largest absolute Gasteiger partial charge is 0.493 e. The molecule has 31 heavy (non-hydrogen) atoms. The first-order valence-electron chi connectivity index (χ1n) is 10.4. The van der Waals surface area contributed by atoms with Gasteiger partial charge in [-0.1, -0.05) is 17.7 Å². The Morgan fingerprint density at radius 3 is 3.06 bits per heavy atom. The summed E-state index contributed by atoms with van der Waals surface area (Å²) in [5.74, 6) is 1.31. The molecule has 8 heteroatoms. The third-order valence-electron chi connectivity index (χ3n) is 5.86. The first-order valence-corrected chi connectivity index (χ1v) is 10.8. The number of rotatable bonds is 3. The van der Waals surface area contributed by atoms with Crippen LogP contribution in [-0.4, -0.2) is 36.1 Å². The minimum Gasteiger partial charge on any atom is -0.493 e. The molecule has 2 aliphatic rings. The maximum absolute atomic E-state index is 13.0. The molecule has 1 amide bonds. The van der Waals surface area contributed by atoms with Gasteiger partial charge in [-0.15, -0.1) is 0 Å². The summed E-state index contributed by atoms with van der Waals surface area (Å²) >= 11 is 6.34. The summed E-state index contributed by atoms with van der Waals surface area (Å²) in [5, 5.41) is 6.97. The highest BCUT2D eigenvalue weighted by Gasteiger charge is 2.33. The Labute approximate surface area is 185 Å². The molecule has 2 aromatic heterocycles. The average molecular weight is 439 g/mol. The van der Waals surface area contributed by atoms with Gasteiger partial charge in [0.25, 0.3) is 5.91 Å². The third-order valence-corrected chi connectivity index (χ3v) is 6.16. The fraction of sp³-hybridized carbons (Fsp3) is 0.304. The van der Waals surface area contributed by atoms with E-state index < -0.39 is 0 Å². The van der Waals surface area contributed by atoms with Crippen LogP contribution in [0.5, 0.6) is 11.5 Å². The molecule has 0 fully saturated rings. The predicted molar refractivity (Wildman–Crippen MR) is 120 cm³/mol. The normalized spacial score (nSPS) is 17.6. The topological polar surface area (TPSA) is 88.3 Å². The van der Waals surface area contributed by atoms with Crippen LogP contribution in [0.15, 0.2) is 36.7 Å². The van der Waals surface area contributed by atoms with Crippen LogP contribution in [0.4, 0.5) is 11.4 Å². The van der Waals surface area contributed by atoms with Crippen molar-refractivity contribution in [1.29, 1.82) is 0 Å². The lowest BCUT2D eigenvalue weighted by molar-refractivity contribution is 0.0939. The number of nitrogens with zero attached hydrogens (tertiary/aromatic N) is 1. The highest BCUT2D eigenvalue weighted by Crippen LogP contribution is 2.45. The molecule has 0 spiro atoms. The number of H-pyrrole nitrogens is 1. The number of amides is 1. The monoisotopic (exact) mass is 438 g/mol. The van der Waals surface area contributed by atoms with Gasteiger partial charge in [-0.2, -0.15) is 0 Å². The molecule has 0 saturated heterocycles. The van der Waals surface area contributed by atoms with Crippen LogP contribution in [0, 0.1) is 0 Å². The van der Waals surface area contributed by atoms with Gasteiger partial charge in [-0.25, -0.2) is 0 Å². The van der Waals surface area contributed by atoms with E-state index in [2.05, 4.69) is 20.6 Å². The third kappa shape index (κ3) is 3.49. The van der Waals surface area contributed by atoms with Crippen LogP contribution < -0.4 is 20.1 Å². The maximum Gasteiger partial charge on any atom is 0.255 e. The highest BCUT2D eigenvalue weighted by molar-refractivity contribution is 6.32. The number of carbonyl (C=O) groups excluding carboxylic acids is 1. The number of aromatic nitrogens is 2. The average Bonchev–Trinajstić information content (AvgIpc) is 3.13. The van der Waals surface area contributed by atoms with Gasteiger partial charge in [0.15, 0.2) is 5.75 Å². The summed E-state index contributed by atoms with van der Waals surface area (Å²) in [4.78, 5) is 20.8. The van der Waals surface area contributed by atoms with Crippen molar-refractivity contribution < 1.29 is 14.3 Å². The Morgan fingerprint density at radius 1 is 1.29 bits per heavy atom. The van der Waals surface area contributed by atoms with Gasteiger partial charge in [0.05, 0.1) is 47.6 Å². The Morgan fingerprint density at radius 2 is 2.19 bits per heavy atom. The van der Waals surface area contributed by atoms with E-state index in [1.54, 1.807) is 25.6 Å². The smallest absolute Gasteiger partial charge is 0.255 e. The van der Waals surface area contributed by atoms with Crippen LogP contribution in [-0.2, 0) is 0 Å². The summed E-state index contributed by atoms with van der Waals surface area (Å²) in [6, 6.07) is 7.38. The number of aromatic amines is 1. The number of hydrogen-bond acceptors (Lipinski definition) is 5. The summed E-state index contributed by atoms with van der Waals surface area (Å²) in [5.41, 5.74) is 4.56. The summed E-state index contributed by atoms with van der Waals surface area (Å²) in [7, 11) is 1.57. The summed E-state index contributed by atoms with van der Waals surface area (Å²) < 4.78 is 11.6. The first-order chi connectivity index (χ1) is 15.2. The number of hydrogen-bond donors (Lipinski definition) is 3. The standard InChI is InChI=1S/C23H23ClN4O3/c1-30-22-15(24)6-4-7-16(22)27-21-18-19-13(11-26-23(18)29)5-2-3-10-31-17-12-25-9-8-14(17)20(21)28-19/h4,6-9,12-13,27-28H,2-3,5,10-11H2,1H3,(H,26,29)/t13-/m1/s1. The van der Waals surface area contributed by atoms with E-state index in [1.807, 2.05) is 18.2 Å². The molecule has 7 nitrogen and oxygen atoms in total. The number of nitrogens with one attached hydrogen (secondary N) is 3. The second kappa shape index (κ2) is 8.15. The van der Waals surface area contributed by atoms with Gasteiger partial charge in [0.1, 0.15) is 5.75 Å². The molecule has 0 unspecified atom stereocenters. The number of halogens is 1. The second-order valence-electron chi connectivity index (χ2n) is 7.73. The molecular weight excluding hydrogens is 416 g/mol. The number of carbonyl (C=O) groups is 1. The number of anilines is 2. The van der Waals surface area contributed by atoms with Crippen molar-refractivity contribution in [1.82, 2.24) is 15.3 Å². The molecule has 5 rings (SSSR count). The Kier molecular flexibility index (Phi) is 5.19. The second-order valence-corrected chi connectivity index (χ2v) is 8.14. The molecule has 0 saturated carbocycles. The molecule has 2 aliphatic heterocycles. The number of para-hydroxylation sites is 1. The fourth-order valence-corrected chi connectivity index (χ4v) is 4.62. The van der Waals surface area contributed by atoms with Gasteiger partial charge in [-0.3, -0.25) is 9.78 Å². The molecule has 2 bridgehead atoms. The Bertz CT molecular complexity index is 1140. The lowest BCUT2D eigenvalue weighted by atomic mass is 9.91. The summed E-state index contributed by atoms with van der Waals surface area (Å²) in [6.45, 7) is 1.25. The molecule has 3 N–H and O–H groups in total. The molecule has 1 aromatic carbocycles. The maximum atomic E-state index is 13.0. The lowest BCUT2D eigenvalue weighted by Crippen LogP contribution is -2.35. The minimum absolute atomic E-state index is 0.106. The van der Waals surface area contributed by atoms with Crippen molar-refractivity contribution in [3.8, 4) is 22.8 Å². The SMILES string of the molecule is COc1c(Cl)cccc1Nc1c2[nH]c3c1C(=O)NC[C@H]3CCCCOc1cnccc1-2. The van der Waals surface area contributed by atoms with Crippen LogP contribution in [0.1, 0.15) is 41.2 Å². The van der Waals surface area contributed by atoms with Gasteiger partial charge < -0.3 is 25.1 Å². The quantitative estimate of drug-likeness (QED) is 0.542. The zero-order valence-corrected chi connectivity index (χ0v) is 17.9. The van der Waals surface area contributed by atoms with E-state index in [1.165, 1.54) is 0 Å². The zero-order valence-electron chi connectivity index (χ0n) is 17.1. The van der Waals surface area contributed by atoms with Crippen molar-refractivity contribution in [2.45, 2.75) is 25.2 Å². The molecule has 0 radical (unpaired) electrons. The lowest BCUT2D eigenvalue weighted by Gasteiger charge is -2.24. The number of ether oxygens (including phenoxy) is 2. The van der Waals surface area contributed by atoms with E-state index in [0.717, 1.165) is 36.2 Å². The number of methoxy groups -OCH3 is 1. The van der Waals surface area contributed by atoms with Crippen LogP contribution >= 0.6 is 11.6 Å². The summed E-state index contributed by atoms with van der Waals surface area (Å²) in [6.07, 6.45) is 6.36. The molecule has 160 valence electrons. The molecule has 1 atom stereocenters. The van der Waals surface area contributed by atoms with E-state index in [9.17, 15) is 4.79 Å². The van der Waals surface area contributed by atoms with Crippen molar-refractivity contribution in [3.63, 3.8) is 0 Å². The highest BCUT2D eigenvalue weighted by atomic mass is 35.5. The van der Waals surface area contributed by atoms with Gasteiger partial charge in [0.2, 0.25) is 0 Å². The van der Waals surface area contributed by atoms with Crippen molar-refractivity contribution >= 4 is 28.9 Å². The van der Waals surface area contributed by atoms with Gasteiger partial charge in [0, 0.05) is 29.9 Å². The first kappa shape index (κ1) is 19.8.